The van der Waals surface area contributed by atoms with E-state index in [-0.39, 0.29) is 23.1 Å². The molecule has 104 valence electrons. The Kier molecular flexibility index (Phi) is 3.49. The predicted octanol–water partition coefficient (Wildman–Crippen LogP) is 2.63. The highest BCUT2D eigenvalue weighted by Gasteiger charge is 2.41. The molecule has 5 nitrogen and oxygen atoms in total. The molecule has 1 atom stereocenters. The summed E-state index contributed by atoms with van der Waals surface area (Å²) in [5.74, 6) is -3.05. The summed E-state index contributed by atoms with van der Waals surface area (Å²) in [5, 5.41) is 9.15. The van der Waals surface area contributed by atoms with E-state index in [2.05, 4.69) is 4.98 Å². The normalized spacial score (nSPS) is 19.4. The Morgan fingerprint density at radius 2 is 2.32 bits per heavy atom. The minimum absolute atomic E-state index is 0.125. The average molecular weight is 293 g/mol. The number of carboxylic acid groups (broad SMARTS) is 1. The molecule has 8 heteroatoms. The Balaban J connectivity index is 2.40. The fraction of sp³-hybridized carbons (Fsp3) is 0.455. The van der Waals surface area contributed by atoms with Gasteiger partial charge in [0.1, 0.15) is 16.6 Å². The number of aromatic nitrogens is 1. The van der Waals surface area contributed by atoms with Gasteiger partial charge in [-0.3, -0.25) is 4.90 Å². The third-order valence-electron chi connectivity index (χ3n) is 2.73. The quantitative estimate of drug-likeness (QED) is 0.808. The maximum Gasteiger partial charge on any atom is 0.407 e. The maximum atomic E-state index is 13.4. The molecule has 0 radical (unpaired) electrons. The molecule has 0 fully saturated rings. The van der Waals surface area contributed by atoms with Gasteiger partial charge in [-0.25, -0.2) is 18.6 Å². The monoisotopic (exact) mass is 292 g/mol. The standard InChI is InChI=1S/C11H11ClF2N2O3/c1-11(13,14)8-5-16(10(17)18)4-6-7(19-8)2-3-9(12)15-6/h2-3,8H,4-5H2,1H3,(H,17,18)/t8-/m0/s1. The first kappa shape index (κ1) is 13.8. The first-order valence-corrected chi connectivity index (χ1v) is 5.83. The van der Waals surface area contributed by atoms with E-state index in [0.717, 1.165) is 4.90 Å². The zero-order valence-corrected chi connectivity index (χ0v) is 10.7. The molecule has 19 heavy (non-hydrogen) atoms. The first-order chi connectivity index (χ1) is 8.77. The number of ether oxygens (including phenoxy) is 1. The van der Waals surface area contributed by atoms with Gasteiger partial charge < -0.3 is 9.84 Å². The number of alkyl halides is 2. The van der Waals surface area contributed by atoms with Gasteiger partial charge >= 0.3 is 6.09 Å². The van der Waals surface area contributed by atoms with E-state index in [1.165, 1.54) is 12.1 Å². The van der Waals surface area contributed by atoms with Crippen LogP contribution < -0.4 is 4.74 Å². The molecule has 0 bridgehead atoms. The second-order valence-electron chi connectivity index (χ2n) is 4.30. The molecule has 1 N–H and O–H groups in total. The predicted molar refractivity (Wildman–Crippen MR) is 62.7 cm³/mol. The van der Waals surface area contributed by atoms with Crippen molar-refractivity contribution < 1.29 is 23.4 Å². The van der Waals surface area contributed by atoms with Gasteiger partial charge in [-0.2, -0.15) is 0 Å². The maximum absolute atomic E-state index is 13.4. The third kappa shape index (κ3) is 3.04. The number of hydrogen-bond acceptors (Lipinski definition) is 3. The van der Waals surface area contributed by atoms with Crippen LogP contribution in [0.4, 0.5) is 13.6 Å². The Labute approximate surface area is 112 Å². The van der Waals surface area contributed by atoms with E-state index < -0.39 is 24.7 Å². The van der Waals surface area contributed by atoms with Crippen LogP contribution in [0.2, 0.25) is 5.15 Å². The molecule has 0 saturated carbocycles. The molecule has 1 amide bonds. The molecular formula is C11H11ClF2N2O3. The van der Waals surface area contributed by atoms with E-state index in [9.17, 15) is 13.6 Å². The first-order valence-electron chi connectivity index (χ1n) is 5.45. The molecule has 0 saturated heterocycles. The molecule has 0 spiro atoms. The molecule has 0 aromatic carbocycles. The molecule has 2 heterocycles. The third-order valence-corrected chi connectivity index (χ3v) is 2.94. The van der Waals surface area contributed by atoms with E-state index in [0.29, 0.717) is 6.92 Å². The summed E-state index contributed by atoms with van der Waals surface area (Å²) in [6.45, 7) is 0.108. The van der Waals surface area contributed by atoms with Gasteiger partial charge in [0.25, 0.3) is 5.92 Å². The molecule has 1 aliphatic rings. The molecule has 1 aromatic rings. The van der Waals surface area contributed by atoms with Crippen LogP contribution in [0.1, 0.15) is 12.6 Å². The lowest BCUT2D eigenvalue weighted by Crippen LogP contribution is -2.45. The van der Waals surface area contributed by atoms with Crippen molar-refractivity contribution in [2.75, 3.05) is 6.54 Å². The van der Waals surface area contributed by atoms with Crippen LogP contribution in [-0.4, -0.2) is 39.7 Å². The van der Waals surface area contributed by atoms with Crippen LogP contribution in [0.15, 0.2) is 12.1 Å². The molecule has 1 aliphatic heterocycles. The number of halogens is 3. The Bertz CT molecular complexity index is 507. The summed E-state index contributed by atoms with van der Waals surface area (Å²) in [5.41, 5.74) is 0.224. The van der Waals surface area contributed by atoms with E-state index >= 15 is 0 Å². The Hall–Kier alpha value is -1.63. The van der Waals surface area contributed by atoms with E-state index in [1.54, 1.807) is 0 Å². The molecule has 2 rings (SSSR count). The zero-order valence-electron chi connectivity index (χ0n) is 9.94. The van der Waals surface area contributed by atoms with Gasteiger partial charge in [0.15, 0.2) is 6.10 Å². The fourth-order valence-corrected chi connectivity index (χ4v) is 1.89. The minimum Gasteiger partial charge on any atom is -0.480 e. The molecule has 1 aromatic heterocycles. The highest BCUT2D eigenvalue weighted by molar-refractivity contribution is 6.29. The summed E-state index contributed by atoms with van der Waals surface area (Å²) < 4.78 is 32.0. The number of rotatable bonds is 1. The highest BCUT2D eigenvalue weighted by atomic mass is 35.5. The van der Waals surface area contributed by atoms with Crippen molar-refractivity contribution >= 4 is 17.7 Å². The van der Waals surface area contributed by atoms with Crippen molar-refractivity contribution in [2.24, 2.45) is 0 Å². The van der Waals surface area contributed by atoms with Crippen LogP contribution in [0.25, 0.3) is 0 Å². The van der Waals surface area contributed by atoms with Crippen LogP contribution in [-0.2, 0) is 6.54 Å². The van der Waals surface area contributed by atoms with Crippen LogP contribution in [0, 0.1) is 0 Å². The lowest BCUT2D eigenvalue weighted by molar-refractivity contribution is -0.0856. The van der Waals surface area contributed by atoms with Crippen molar-refractivity contribution in [3.8, 4) is 5.75 Å². The lowest BCUT2D eigenvalue weighted by atomic mass is 10.2. The van der Waals surface area contributed by atoms with E-state index in [1.807, 2.05) is 0 Å². The lowest BCUT2D eigenvalue weighted by Gasteiger charge is -2.25. The average Bonchev–Trinajstić information content (AvgIpc) is 2.47. The van der Waals surface area contributed by atoms with Crippen molar-refractivity contribution in [2.45, 2.75) is 25.5 Å². The van der Waals surface area contributed by atoms with Crippen molar-refractivity contribution in [1.29, 1.82) is 0 Å². The van der Waals surface area contributed by atoms with Crippen molar-refractivity contribution in [3.63, 3.8) is 0 Å². The second kappa shape index (κ2) is 4.80. The van der Waals surface area contributed by atoms with Gasteiger partial charge in [-0.1, -0.05) is 11.6 Å². The van der Waals surface area contributed by atoms with Gasteiger partial charge in [-0.15, -0.1) is 0 Å². The summed E-state index contributed by atoms with van der Waals surface area (Å²) >= 11 is 5.70. The summed E-state index contributed by atoms with van der Waals surface area (Å²) in [7, 11) is 0. The molecule has 0 unspecified atom stereocenters. The fourth-order valence-electron chi connectivity index (χ4n) is 1.73. The SMILES string of the molecule is CC(F)(F)[C@@H]1CN(C(=O)O)Cc2nc(Cl)ccc2O1. The van der Waals surface area contributed by atoms with E-state index in [4.69, 9.17) is 21.4 Å². The Morgan fingerprint density at radius 1 is 1.63 bits per heavy atom. The largest absolute Gasteiger partial charge is 0.480 e. The van der Waals surface area contributed by atoms with Gasteiger partial charge in [0.05, 0.1) is 13.1 Å². The van der Waals surface area contributed by atoms with Crippen molar-refractivity contribution in [3.05, 3.63) is 23.0 Å². The summed E-state index contributed by atoms with van der Waals surface area (Å²) in [6, 6.07) is 2.82. The molecular weight excluding hydrogens is 282 g/mol. The molecule has 0 aliphatic carbocycles. The minimum atomic E-state index is -3.17. The summed E-state index contributed by atoms with van der Waals surface area (Å²) in [4.78, 5) is 15.8. The van der Waals surface area contributed by atoms with Crippen molar-refractivity contribution in [1.82, 2.24) is 9.88 Å². The number of nitrogens with zero attached hydrogens (tertiary/aromatic N) is 2. The van der Waals surface area contributed by atoms with Gasteiger partial charge in [0.2, 0.25) is 0 Å². The van der Waals surface area contributed by atoms with Crippen LogP contribution >= 0.6 is 11.6 Å². The second-order valence-corrected chi connectivity index (χ2v) is 4.69. The number of hydrogen-bond donors (Lipinski definition) is 1. The Morgan fingerprint density at radius 3 is 2.89 bits per heavy atom. The highest BCUT2D eigenvalue weighted by Crippen LogP contribution is 2.30. The van der Waals surface area contributed by atoms with Gasteiger partial charge in [-0.05, 0) is 12.1 Å². The smallest absolute Gasteiger partial charge is 0.407 e. The number of carbonyl (C=O) groups is 1. The number of fused-ring (bicyclic) bond motifs is 1. The van der Waals surface area contributed by atoms with Gasteiger partial charge in [0, 0.05) is 6.92 Å². The summed E-state index contributed by atoms with van der Waals surface area (Å²) in [6.07, 6.45) is -2.87. The van der Waals surface area contributed by atoms with Crippen LogP contribution in [0.5, 0.6) is 5.75 Å². The zero-order chi connectivity index (χ0) is 14.2. The van der Waals surface area contributed by atoms with Crippen LogP contribution in [0.3, 0.4) is 0 Å². The number of pyridine rings is 1. The topological polar surface area (TPSA) is 62.7 Å². The number of amides is 1.